The van der Waals surface area contributed by atoms with Crippen molar-refractivity contribution in [2.24, 2.45) is 5.41 Å². The number of thioether (sulfide) groups is 1. The Kier molecular flexibility index (Phi) is 4.03. The van der Waals surface area contributed by atoms with E-state index in [1.165, 1.54) is 18.6 Å². The first-order valence-corrected chi connectivity index (χ1v) is 7.72. The monoisotopic (exact) mass is 256 g/mol. The lowest BCUT2D eigenvalue weighted by molar-refractivity contribution is -0.130. The highest BCUT2D eigenvalue weighted by molar-refractivity contribution is 8.00. The molecular weight excluding hydrogens is 232 g/mol. The molecule has 2 aliphatic heterocycles. The predicted molar refractivity (Wildman–Crippen MR) is 73.3 cm³/mol. The molecule has 2 rings (SSSR count). The van der Waals surface area contributed by atoms with Gasteiger partial charge < -0.3 is 10.6 Å². The van der Waals surface area contributed by atoms with Crippen molar-refractivity contribution >= 4 is 17.7 Å². The maximum Gasteiger partial charge on any atom is 0.227 e. The van der Waals surface area contributed by atoms with E-state index in [4.69, 9.17) is 0 Å². The second-order valence-electron chi connectivity index (χ2n) is 5.65. The van der Waals surface area contributed by atoms with E-state index in [0.29, 0.717) is 0 Å². The molecule has 0 aliphatic carbocycles. The van der Waals surface area contributed by atoms with Gasteiger partial charge >= 0.3 is 0 Å². The zero-order chi connectivity index (χ0) is 12.4. The third-order valence-electron chi connectivity index (χ3n) is 4.33. The Hall–Kier alpha value is -0.220. The Morgan fingerprint density at radius 2 is 2.29 bits per heavy atom. The highest BCUT2D eigenvalue weighted by Gasteiger charge is 2.40. The molecule has 2 fully saturated rings. The molecule has 2 unspecified atom stereocenters. The fraction of sp³-hybridized carbons (Fsp3) is 0.923. The lowest BCUT2D eigenvalue weighted by Crippen LogP contribution is -2.46. The van der Waals surface area contributed by atoms with Gasteiger partial charge in [-0.1, -0.05) is 6.92 Å². The molecule has 0 spiro atoms. The lowest BCUT2D eigenvalue weighted by Gasteiger charge is -2.29. The summed E-state index contributed by atoms with van der Waals surface area (Å²) in [5.74, 6) is 1.51. The standard InChI is InChI=1S/C13H24N2OS/c1-3-13(6-7-14-10-13)11(16)15-9-12(2)5-4-8-17-12/h14H,3-10H2,1-2H3,(H,15,16). The minimum absolute atomic E-state index is 0.139. The topological polar surface area (TPSA) is 41.1 Å². The number of carbonyl (C=O) groups excluding carboxylic acids is 1. The molecule has 0 bridgehead atoms. The minimum Gasteiger partial charge on any atom is -0.354 e. The fourth-order valence-corrected chi connectivity index (χ4v) is 4.08. The Morgan fingerprint density at radius 1 is 1.47 bits per heavy atom. The summed E-state index contributed by atoms with van der Waals surface area (Å²) in [6.07, 6.45) is 4.45. The second-order valence-corrected chi connectivity index (χ2v) is 7.33. The van der Waals surface area contributed by atoms with Gasteiger partial charge in [0.25, 0.3) is 0 Å². The summed E-state index contributed by atoms with van der Waals surface area (Å²) < 4.78 is 0.274. The van der Waals surface area contributed by atoms with Crippen LogP contribution in [-0.2, 0) is 4.79 Å². The van der Waals surface area contributed by atoms with Gasteiger partial charge in [-0.15, -0.1) is 0 Å². The van der Waals surface area contributed by atoms with Gasteiger partial charge in [0.15, 0.2) is 0 Å². The molecule has 3 nitrogen and oxygen atoms in total. The van der Waals surface area contributed by atoms with Gasteiger partial charge in [-0.05, 0) is 44.9 Å². The predicted octanol–water partition coefficient (Wildman–Crippen LogP) is 1.78. The van der Waals surface area contributed by atoms with E-state index in [2.05, 4.69) is 24.5 Å². The molecule has 1 amide bonds. The number of carbonyl (C=O) groups is 1. The number of hydrogen-bond donors (Lipinski definition) is 2. The van der Waals surface area contributed by atoms with Crippen LogP contribution in [0, 0.1) is 5.41 Å². The van der Waals surface area contributed by atoms with Crippen LogP contribution in [0.25, 0.3) is 0 Å². The lowest BCUT2D eigenvalue weighted by atomic mass is 9.83. The van der Waals surface area contributed by atoms with Crippen LogP contribution in [0.2, 0.25) is 0 Å². The van der Waals surface area contributed by atoms with Crippen molar-refractivity contribution in [3.63, 3.8) is 0 Å². The Bertz CT molecular complexity index is 281. The third kappa shape index (κ3) is 2.79. The highest BCUT2D eigenvalue weighted by atomic mass is 32.2. The Morgan fingerprint density at radius 3 is 2.82 bits per heavy atom. The van der Waals surface area contributed by atoms with Crippen molar-refractivity contribution in [2.45, 2.75) is 44.3 Å². The molecule has 0 aromatic rings. The van der Waals surface area contributed by atoms with Crippen LogP contribution in [0.4, 0.5) is 0 Å². The first kappa shape index (κ1) is 13.2. The molecule has 2 atom stereocenters. The van der Waals surface area contributed by atoms with E-state index >= 15 is 0 Å². The van der Waals surface area contributed by atoms with Crippen LogP contribution < -0.4 is 10.6 Å². The summed E-state index contributed by atoms with van der Waals surface area (Å²) in [5, 5.41) is 6.52. The summed E-state index contributed by atoms with van der Waals surface area (Å²) in [7, 11) is 0. The largest absolute Gasteiger partial charge is 0.354 e. The average molecular weight is 256 g/mol. The van der Waals surface area contributed by atoms with Crippen molar-refractivity contribution < 1.29 is 4.79 Å². The molecular formula is C13H24N2OS. The first-order valence-electron chi connectivity index (χ1n) is 6.73. The highest BCUT2D eigenvalue weighted by Crippen LogP contribution is 2.37. The normalized spacial score (nSPS) is 37.3. The van der Waals surface area contributed by atoms with Gasteiger partial charge in [0.1, 0.15) is 0 Å². The summed E-state index contributed by atoms with van der Waals surface area (Å²) in [5.41, 5.74) is -0.139. The Balaban J connectivity index is 1.88. The molecule has 0 aromatic carbocycles. The molecule has 0 saturated carbocycles. The maximum absolute atomic E-state index is 12.3. The number of amides is 1. The number of nitrogens with one attached hydrogen (secondary N) is 2. The van der Waals surface area contributed by atoms with Crippen LogP contribution in [0.5, 0.6) is 0 Å². The SMILES string of the molecule is CCC1(C(=O)NCC2(C)CCCS2)CCNC1. The molecule has 2 saturated heterocycles. The molecule has 0 aromatic heterocycles. The van der Waals surface area contributed by atoms with Crippen LogP contribution in [-0.4, -0.2) is 36.0 Å². The zero-order valence-electron chi connectivity index (χ0n) is 11.0. The molecule has 2 N–H and O–H groups in total. The summed E-state index contributed by atoms with van der Waals surface area (Å²) in [6, 6.07) is 0. The quantitative estimate of drug-likeness (QED) is 0.805. The van der Waals surface area contributed by atoms with Crippen molar-refractivity contribution in [1.82, 2.24) is 10.6 Å². The summed E-state index contributed by atoms with van der Waals surface area (Å²) in [6.45, 7) is 7.06. The van der Waals surface area contributed by atoms with Crippen molar-refractivity contribution in [3.8, 4) is 0 Å². The molecule has 98 valence electrons. The molecule has 2 heterocycles. The van der Waals surface area contributed by atoms with Crippen molar-refractivity contribution in [2.75, 3.05) is 25.4 Å². The van der Waals surface area contributed by atoms with Gasteiger partial charge in [0.05, 0.1) is 5.41 Å². The van der Waals surface area contributed by atoms with E-state index in [0.717, 1.165) is 32.5 Å². The van der Waals surface area contributed by atoms with Crippen LogP contribution >= 0.6 is 11.8 Å². The van der Waals surface area contributed by atoms with Crippen LogP contribution in [0.1, 0.15) is 39.5 Å². The van der Waals surface area contributed by atoms with E-state index in [-0.39, 0.29) is 16.1 Å². The van der Waals surface area contributed by atoms with Crippen LogP contribution in [0.3, 0.4) is 0 Å². The average Bonchev–Trinajstić information content (AvgIpc) is 2.96. The third-order valence-corrected chi connectivity index (χ3v) is 5.86. The van der Waals surface area contributed by atoms with Crippen LogP contribution in [0.15, 0.2) is 0 Å². The molecule has 2 aliphatic rings. The van der Waals surface area contributed by atoms with Gasteiger partial charge in [-0.3, -0.25) is 4.79 Å². The molecule has 4 heteroatoms. The Labute approximate surface area is 108 Å². The van der Waals surface area contributed by atoms with Gasteiger partial charge in [-0.2, -0.15) is 11.8 Å². The van der Waals surface area contributed by atoms with E-state index in [9.17, 15) is 4.79 Å². The van der Waals surface area contributed by atoms with Gasteiger partial charge in [-0.25, -0.2) is 0 Å². The van der Waals surface area contributed by atoms with Crippen molar-refractivity contribution in [3.05, 3.63) is 0 Å². The van der Waals surface area contributed by atoms with E-state index < -0.39 is 0 Å². The smallest absolute Gasteiger partial charge is 0.227 e. The first-order chi connectivity index (χ1) is 8.10. The number of rotatable bonds is 4. The second kappa shape index (κ2) is 5.19. The minimum atomic E-state index is -0.139. The summed E-state index contributed by atoms with van der Waals surface area (Å²) in [4.78, 5) is 12.3. The van der Waals surface area contributed by atoms with Gasteiger partial charge in [0, 0.05) is 17.8 Å². The van der Waals surface area contributed by atoms with Gasteiger partial charge in [0.2, 0.25) is 5.91 Å². The number of hydrogen-bond acceptors (Lipinski definition) is 3. The maximum atomic E-state index is 12.3. The molecule has 0 radical (unpaired) electrons. The van der Waals surface area contributed by atoms with E-state index in [1.54, 1.807) is 0 Å². The zero-order valence-corrected chi connectivity index (χ0v) is 11.8. The summed E-state index contributed by atoms with van der Waals surface area (Å²) >= 11 is 2.01. The fourth-order valence-electron chi connectivity index (χ4n) is 2.83. The molecule has 17 heavy (non-hydrogen) atoms. The van der Waals surface area contributed by atoms with E-state index in [1.807, 2.05) is 11.8 Å². The van der Waals surface area contributed by atoms with Crippen molar-refractivity contribution in [1.29, 1.82) is 0 Å².